The number of anilines is 1. The summed E-state index contributed by atoms with van der Waals surface area (Å²) in [5, 5.41) is 3.04. The molecular formula is C13H18N2O. The third kappa shape index (κ3) is 2.75. The van der Waals surface area contributed by atoms with Gasteiger partial charge in [-0.2, -0.15) is 0 Å². The molecule has 1 saturated carbocycles. The lowest BCUT2D eigenvalue weighted by atomic mass is 9.82. The molecule has 0 unspecified atom stereocenters. The largest absolute Gasteiger partial charge is 0.399 e. The van der Waals surface area contributed by atoms with Crippen LogP contribution in [0.25, 0.3) is 0 Å². The molecule has 1 aromatic carbocycles. The lowest BCUT2D eigenvalue weighted by Gasteiger charge is -2.33. The Morgan fingerprint density at radius 3 is 2.56 bits per heavy atom. The van der Waals surface area contributed by atoms with Gasteiger partial charge in [0.05, 0.1) is 6.42 Å². The number of nitrogen functional groups attached to an aromatic ring is 1. The Labute approximate surface area is 96.0 Å². The normalized spacial score (nSPS) is 23.6. The van der Waals surface area contributed by atoms with Gasteiger partial charge in [-0.15, -0.1) is 0 Å². The Morgan fingerprint density at radius 1 is 1.38 bits per heavy atom. The van der Waals surface area contributed by atoms with Gasteiger partial charge in [0.25, 0.3) is 0 Å². The number of hydrogen-bond donors (Lipinski definition) is 2. The molecule has 0 spiro atoms. The molecule has 1 fully saturated rings. The third-order valence-electron chi connectivity index (χ3n) is 3.08. The topological polar surface area (TPSA) is 55.1 Å². The molecule has 1 aliphatic rings. The zero-order valence-electron chi connectivity index (χ0n) is 9.57. The molecule has 0 atom stereocenters. The second kappa shape index (κ2) is 4.56. The minimum atomic E-state index is 0.113. The van der Waals surface area contributed by atoms with Crippen LogP contribution >= 0.6 is 0 Å². The highest BCUT2D eigenvalue weighted by atomic mass is 16.1. The van der Waals surface area contributed by atoms with E-state index in [2.05, 4.69) is 12.2 Å². The summed E-state index contributed by atoms with van der Waals surface area (Å²) < 4.78 is 0. The van der Waals surface area contributed by atoms with Crippen LogP contribution in [0.5, 0.6) is 0 Å². The van der Waals surface area contributed by atoms with Crippen LogP contribution in [0.3, 0.4) is 0 Å². The summed E-state index contributed by atoms with van der Waals surface area (Å²) in [6.45, 7) is 2.21. The van der Waals surface area contributed by atoms with Crippen LogP contribution in [0.4, 0.5) is 5.69 Å². The van der Waals surface area contributed by atoms with Crippen LogP contribution in [0.15, 0.2) is 24.3 Å². The molecule has 0 aliphatic heterocycles. The van der Waals surface area contributed by atoms with Crippen molar-refractivity contribution >= 4 is 11.6 Å². The van der Waals surface area contributed by atoms with Gasteiger partial charge in [-0.25, -0.2) is 0 Å². The van der Waals surface area contributed by atoms with Gasteiger partial charge in [-0.1, -0.05) is 19.1 Å². The summed E-state index contributed by atoms with van der Waals surface area (Å²) in [4.78, 5) is 11.7. The van der Waals surface area contributed by atoms with Crippen molar-refractivity contribution in [3.05, 3.63) is 29.8 Å². The molecule has 0 heterocycles. The van der Waals surface area contributed by atoms with E-state index >= 15 is 0 Å². The molecule has 2 rings (SSSR count). The molecule has 3 N–H and O–H groups in total. The van der Waals surface area contributed by atoms with Crippen LogP contribution in [0, 0.1) is 5.92 Å². The molecule has 0 bridgehead atoms. The van der Waals surface area contributed by atoms with Gasteiger partial charge in [0.2, 0.25) is 5.91 Å². The van der Waals surface area contributed by atoms with Gasteiger partial charge in [0.1, 0.15) is 0 Å². The lowest BCUT2D eigenvalue weighted by molar-refractivity contribution is -0.121. The minimum absolute atomic E-state index is 0.113. The first-order valence-electron chi connectivity index (χ1n) is 5.77. The monoisotopic (exact) mass is 218 g/mol. The molecule has 86 valence electrons. The van der Waals surface area contributed by atoms with E-state index in [0.29, 0.717) is 12.5 Å². The summed E-state index contributed by atoms with van der Waals surface area (Å²) in [5.74, 6) is 0.878. The first-order valence-corrected chi connectivity index (χ1v) is 5.77. The highest BCUT2D eigenvalue weighted by Gasteiger charge is 2.26. The van der Waals surface area contributed by atoms with E-state index < -0.39 is 0 Å². The van der Waals surface area contributed by atoms with E-state index in [-0.39, 0.29) is 5.91 Å². The predicted molar refractivity (Wildman–Crippen MR) is 64.9 cm³/mol. The Morgan fingerprint density at radius 2 is 2.00 bits per heavy atom. The first-order chi connectivity index (χ1) is 7.63. The second-order valence-corrected chi connectivity index (χ2v) is 4.76. The highest BCUT2D eigenvalue weighted by Crippen LogP contribution is 2.26. The van der Waals surface area contributed by atoms with Crippen molar-refractivity contribution < 1.29 is 4.79 Å². The lowest BCUT2D eigenvalue weighted by Crippen LogP contribution is -2.43. The van der Waals surface area contributed by atoms with Gasteiger partial charge in [-0.05, 0) is 36.5 Å². The fourth-order valence-electron chi connectivity index (χ4n) is 2.12. The van der Waals surface area contributed by atoms with Crippen LogP contribution in [0.1, 0.15) is 25.3 Å². The molecule has 3 heteroatoms. The van der Waals surface area contributed by atoms with E-state index in [1.165, 1.54) is 0 Å². The third-order valence-corrected chi connectivity index (χ3v) is 3.08. The Kier molecular flexibility index (Phi) is 3.13. The Bertz CT molecular complexity index is 366. The van der Waals surface area contributed by atoms with Crippen molar-refractivity contribution in [3.63, 3.8) is 0 Å². The first kappa shape index (κ1) is 11.0. The van der Waals surface area contributed by atoms with Crippen LogP contribution in [0.2, 0.25) is 0 Å². The van der Waals surface area contributed by atoms with Crippen molar-refractivity contribution in [1.82, 2.24) is 5.32 Å². The summed E-state index contributed by atoms with van der Waals surface area (Å²) in [6.07, 6.45) is 2.69. The molecular weight excluding hydrogens is 200 g/mol. The molecule has 1 aromatic rings. The maximum Gasteiger partial charge on any atom is 0.224 e. The SMILES string of the molecule is CC1CC(NC(=O)Cc2ccc(N)cc2)C1. The zero-order valence-corrected chi connectivity index (χ0v) is 9.57. The number of nitrogens with two attached hydrogens (primary N) is 1. The zero-order chi connectivity index (χ0) is 11.5. The van der Waals surface area contributed by atoms with Crippen LogP contribution in [-0.2, 0) is 11.2 Å². The molecule has 16 heavy (non-hydrogen) atoms. The van der Waals surface area contributed by atoms with Gasteiger partial charge < -0.3 is 11.1 Å². The Hall–Kier alpha value is -1.51. The van der Waals surface area contributed by atoms with Gasteiger partial charge >= 0.3 is 0 Å². The smallest absolute Gasteiger partial charge is 0.224 e. The summed E-state index contributed by atoms with van der Waals surface area (Å²) >= 11 is 0. The number of amides is 1. The van der Waals surface area contributed by atoms with Gasteiger partial charge in [0, 0.05) is 11.7 Å². The standard InChI is InChI=1S/C13H18N2O/c1-9-6-12(7-9)15-13(16)8-10-2-4-11(14)5-3-10/h2-5,9,12H,6-8,14H2,1H3,(H,15,16). The average Bonchev–Trinajstić information content (AvgIpc) is 2.19. The average molecular weight is 218 g/mol. The van der Waals surface area contributed by atoms with Crippen molar-refractivity contribution in [3.8, 4) is 0 Å². The maximum absolute atomic E-state index is 11.7. The quantitative estimate of drug-likeness (QED) is 0.759. The number of carbonyl (C=O) groups is 1. The summed E-state index contributed by atoms with van der Waals surface area (Å²) in [5.41, 5.74) is 7.33. The highest BCUT2D eigenvalue weighted by molar-refractivity contribution is 5.79. The van der Waals surface area contributed by atoms with Crippen molar-refractivity contribution in [2.75, 3.05) is 5.73 Å². The molecule has 0 radical (unpaired) electrons. The molecule has 0 aromatic heterocycles. The molecule has 0 saturated heterocycles. The summed E-state index contributed by atoms with van der Waals surface area (Å²) in [6, 6.07) is 7.86. The Balaban J connectivity index is 1.80. The van der Waals surface area contributed by atoms with E-state index in [9.17, 15) is 4.79 Å². The number of carbonyl (C=O) groups excluding carboxylic acids is 1. The number of hydrogen-bond acceptors (Lipinski definition) is 2. The molecule has 1 amide bonds. The van der Waals surface area contributed by atoms with Gasteiger partial charge in [-0.3, -0.25) is 4.79 Å². The maximum atomic E-state index is 11.7. The molecule has 3 nitrogen and oxygen atoms in total. The minimum Gasteiger partial charge on any atom is -0.399 e. The van der Waals surface area contributed by atoms with Crippen molar-refractivity contribution in [2.24, 2.45) is 5.92 Å². The van der Waals surface area contributed by atoms with Crippen molar-refractivity contribution in [1.29, 1.82) is 0 Å². The molecule has 1 aliphatic carbocycles. The number of benzene rings is 1. The van der Waals surface area contributed by atoms with Crippen LogP contribution in [-0.4, -0.2) is 11.9 Å². The van der Waals surface area contributed by atoms with E-state index in [1.807, 2.05) is 24.3 Å². The fourth-order valence-corrected chi connectivity index (χ4v) is 2.12. The number of nitrogens with one attached hydrogen (secondary N) is 1. The fraction of sp³-hybridized carbons (Fsp3) is 0.462. The van der Waals surface area contributed by atoms with E-state index in [1.54, 1.807) is 0 Å². The van der Waals surface area contributed by atoms with E-state index in [4.69, 9.17) is 5.73 Å². The van der Waals surface area contributed by atoms with Crippen LogP contribution < -0.4 is 11.1 Å². The van der Waals surface area contributed by atoms with Gasteiger partial charge in [0.15, 0.2) is 0 Å². The van der Waals surface area contributed by atoms with E-state index in [0.717, 1.165) is 30.0 Å². The second-order valence-electron chi connectivity index (χ2n) is 4.76. The summed E-state index contributed by atoms with van der Waals surface area (Å²) in [7, 11) is 0. The number of rotatable bonds is 3. The predicted octanol–water partition coefficient (Wildman–Crippen LogP) is 1.73. The van der Waals surface area contributed by atoms with Crippen molar-refractivity contribution in [2.45, 2.75) is 32.2 Å².